The highest BCUT2D eigenvalue weighted by Crippen LogP contribution is 2.21. The van der Waals surface area contributed by atoms with E-state index in [1.54, 1.807) is 4.90 Å². The van der Waals surface area contributed by atoms with Gasteiger partial charge in [-0.2, -0.15) is 0 Å². The highest BCUT2D eigenvalue weighted by Gasteiger charge is 2.25. The van der Waals surface area contributed by atoms with Gasteiger partial charge in [0.05, 0.1) is 6.54 Å². The van der Waals surface area contributed by atoms with Crippen LogP contribution in [0.15, 0.2) is 60.9 Å². The summed E-state index contributed by atoms with van der Waals surface area (Å²) in [5.41, 5.74) is 2.02. The first-order chi connectivity index (χ1) is 15.6. The van der Waals surface area contributed by atoms with E-state index in [1.165, 1.54) is 11.0 Å². The number of hydrogen-bond acceptors (Lipinski definition) is 6. The molecule has 1 saturated heterocycles. The maximum Gasteiger partial charge on any atom is 0.245 e. The molecule has 32 heavy (non-hydrogen) atoms. The zero-order valence-corrected chi connectivity index (χ0v) is 18.2. The number of carbonyl (C=O) groups is 2. The SMILES string of the molecule is O=C(NCC(=O)N1CCN(c2cccc(Cl)c2)CC1)C(Cc1ccccc1)n1cnnn1. The lowest BCUT2D eigenvalue weighted by Gasteiger charge is -2.36. The van der Waals surface area contributed by atoms with Gasteiger partial charge in [-0.15, -0.1) is 5.10 Å². The number of halogens is 1. The van der Waals surface area contributed by atoms with E-state index in [4.69, 9.17) is 11.6 Å². The average Bonchev–Trinajstić information content (AvgIpc) is 3.36. The highest BCUT2D eigenvalue weighted by molar-refractivity contribution is 6.30. The van der Waals surface area contributed by atoms with Crippen molar-refractivity contribution in [3.8, 4) is 0 Å². The third kappa shape index (κ3) is 5.42. The van der Waals surface area contributed by atoms with Gasteiger partial charge < -0.3 is 15.1 Å². The maximum absolute atomic E-state index is 12.9. The molecule has 0 spiro atoms. The normalized spacial score (nSPS) is 14.8. The predicted molar refractivity (Wildman–Crippen MR) is 120 cm³/mol. The van der Waals surface area contributed by atoms with Crippen molar-refractivity contribution in [1.29, 1.82) is 0 Å². The first-order valence-electron chi connectivity index (χ1n) is 10.4. The molecule has 10 heteroatoms. The molecule has 2 heterocycles. The second-order valence-corrected chi connectivity index (χ2v) is 8.00. The minimum atomic E-state index is -0.639. The number of amides is 2. The van der Waals surface area contributed by atoms with Crippen LogP contribution in [-0.4, -0.2) is 69.6 Å². The Hall–Kier alpha value is -3.46. The zero-order chi connectivity index (χ0) is 22.3. The van der Waals surface area contributed by atoms with Crippen LogP contribution in [0.25, 0.3) is 0 Å². The number of tetrazole rings is 1. The van der Waals surface area contributed by atoms with Gasteiger partial charge in [0.15, 0.2) is 0 Å². The Kier molecular flexibility index (Phi) is 6.96. The van der Waals surface area contributed by atoms with E-state index in [0.717, 1.165) is 11.3 Å². The fraction of sp³-hybridized carbons (Fsp3) is 0.318. The summed E-state index contributed by atoms with van der Waals surface area (Å²) in [4.78, 5) is 29.5. The van der Waals surface area contributed by atoms with E-state index in [9.17, 15) is 9.59 Å². The van der Waals surface area contributed by atoms with Crippen molar-refractivity contribution in [3.63, 3.8) is 0 Å². The van der Waals surface area contributed by atoms with Crippen molar-refractivity contribution in [1.82, 2.24) is 30.4 Å². The molecule has 0 aliphatic carbocycles. The number of carbonyl (C=O) groups excluding carboxylic acids is 2. The number of benzene rings is 2. The molecular formula is C22H24ClN7O2. The van der Waals surface area contributed by atoms with E-state index in [0.29, 0.717) is 37.6 Å². The zero-order valence-electron chi connectivity index (χ0n) is 17.5. The molecule has 0 bridgehead atoms. The van der Waals surface area contributed by atoms with Gasteiger partial charge in [-0.3, -0.25) is 9.59 Å². The van der Waals surface area contributed by atoms with Crippen molar-refractivity contribution < 1.29 is 9.59 Å². The first-order valence-corrected chi connectivity index (χ1v) is 10.8. The molecule has 166 valence electrons. The van der Waals surface area contributed by atoms with Crippen molar-refractivity contribution in [2.24, 2.45) is 0 Å². The first kappa shape index (κ1) is 21.8. The van der Waals surface area contributed by atoms with Crippen LogP contribution in [0.4, 0.5) is 5.69 Å². The van der Waals surface area contributed by atoms with Gasteiger partial charge in [0.25, 0.3) is 0 Å². The van der Waals surface area contributed by atoms with Gasteiger partial charge in [-0.1, -0.05) is 48.0 Å². The van der Waals surface area contributed by atoms with Gasteiger partial charge in [0.1, 0.15) is 12.4 Å². The molecule has 1 aliphatic heterocycles. The van der Waals surface area contributed by atoms with Gasteiger partial charge >= 0.3 is 0 Å². The average molecular weight is 454 g/mol. The van der Waals surface area contributed by atoms with Crippen LogP contribution in [0.3, 0.4) is 0 Å². The van der Waals surface area contributed by atoms with Crippen molar-refractivity contribution >= 4 is 29.1 Å². The second-order valence-electron chi connectivity index (χ2n) is 7.56. The number of nitrogens with zero attached hydrogens (tertiary/aromatic N) is 6. The highest BCUT2D eigenvalue weighted by atomic mass is 35.5. The van der Waals surface area contributed by atoms with Crippen LogP contribution >= 0.6 is 11.6 Å². The molecule has 1 atom stereocenters. The van der Waals surface area contributed by atoms with Crippen molar-refractivity contribution in [2.45, 2.75) is 12.5 Å². The predicted octanol–water partition coefficient (Wildman–Crippen LogP) is 1.58. The van der Waals surface area contributed by atoms with E-state index in [-0.39, 0.29) is 18.4 Å². The Morgan fingerprint density at radius 2 is 1.81 bits per heavy atom. The van der Waals surface area contributed by atoms with Crippen LogP contribution in [-0.2, 0) is 16.0 Å². The van der Waals surface area contributed by atoms with Gasteiger partial charge in [-0.05, 0) is 34.2 Å². The minimum absolute atomic E-state index is 0.0661. The molecule has 0 saturated carbocycles. The van der Waals surface area contributed by atoms with Crippen LogP contribution in [0.1, 0.15) is 11.6 Å². The molecule has 2 amide bonds. The minimum Gasteiger partial charge on any atom is -0.368 e. The molecule has 1 N–H and O–H groups in total. The second kappa shape index (κ2) is 10.2. The van der Waals surface area contributed by atoms with Gasteiger partial charge in [0, 0.05) is 43.3 Å². The molecule has 4 rings (SSSR count). The largest absolute Gasteiger partial charge is 0.368 e. The molecule has 9 nitrogen and oxygen atoms in total. The van der Waals surface area contributed by atoms with Crippen LogP contribution in [0.5, 0.6) is 0 Å². The molecule has 1 fully saturated rings. The quantitative estimate of drug-likeness (QED) is 0.583. The summed E-state index contributed by atoms with van der Waals surface area (Å²) < 4.78 is 1.41. The number of hydrogen-bond donors (Lipinski definition) is 1. The summed E-state index contributed by atoms with van der Waals surface area (Å²) in [6.45, 7) is 2.52. The third-order valence-electron chi connectivity index (χ3n) is 5.48. The Balaban J connectivity index is 1.31. The van der Waals surface area contributed by atoms with Crippen LogP contribution in [0, 0.1) is 0 Å². The van der Waals surface area contributed by atoms with Crippen LogP contribution < -0.4 is 10.2 Å². The fourth-order valence-corrected chi connectivity index (χ4v) is 3.92. The fourth-order valence-electron chi connectivity index (χ4n) is 3.73. The number of piperazine rings is 1. The summed E-state index contributed by atoms with van der Waals surface area (Å²) >= 11 is 6.08. The lowest BCUT2D eigenvalue weighted by atomic mass is 10.1. The van der Waals surface area contributed by atoms with E-state index < -0.39 is 6.04 Å². The van der Waals surface area contributed by atoms with Gasteiger partial charge in [-0.25, -0.2) is 4.68 Å². The lowest BCUT2D eigenvalue weighted by Crippen LogP contribution is -2.51. The lowest BCUT2D eigenvalue weighted by molar-refractivity contribution is -0.134. The molecular weight excluding hydrogens is 430 g/mol. The Labute approximate surface area is 191 Å². The number of rotatable bonds is 7. The number of aromatic nitrogens is 4. The Morgan fingerprint density at radius 1 is 1.03 bits per heavy atom. The smallest absolute Gasteiger partial charge is 0.245 e. The molecule has 3 aromatic rings. The maximum atomic E-state index is 12.9. The summed E-state index contributed by atoms with van der Waals surface area (Å²) in [6, 6.07) is 16.7. The topological polar surface area (TPSA) is 96.2 Å². The molecule has 1 unspecified atom stereocenters. The monoisotopic (exact) mass is 453 g/mol. The Morgan fingerprint density at radius 3 is 2.50 bits per heavy atom. The standard InChI is InChI=1S/C22H24ClN7O2/c23-18-7-4-8-19(14-18)28-9-11-29(12-10-28)21(31)15-24-22(32)20(30-16-25-26-27-30)13-17-5-2-1-3-6-17/h1-8,14,16,20H,9-13,15H2,(H,24,32). The van der Waals surface area contributed by atoms with E-state index >= 15 is 0 Å². The number of nitrogens with one attached hydrogen (secondary N) is 1. The summed E-state index contributed by atoms with van der Waals surface area (Å²) in [7, 11) is 0. The molecule has 0 radical (unpaired) electrons. The summed E-state index contributed by atoms with van der Waals surface area (Å²) in [6.07, 6.45) is 1.83. The number of anilines is 1. The Bertz CT molecular complexity index is 1040. The third-order valence-corrected chi connectivity index (χ3v) is 5.71. The molecule has 1 aromatic heterocycles. The van der Waals surface area contributed by atoms with Crippen molar-refractivity contribution in [2.75, 3.05) is 37.6 Å². The van der Waals surface area contributed by atoms with Crippen molar-refractivity contribution in [3.05, 3.63) is 71.5 Å². The van der Waals surface area contributed by atoms with E-state index in [2.05, 4.69) is 25.7 Å². The van der Waals surface area contributed by atoms with Crippen LogP contribution in [0.2, 0.25) is 5.02 Å². The molecule has 1 aliphatic rings. The summed E-state index contributed by atoms with van der Waals surface area (Å²) in [5.74, 6) is -0.411. The summed E-state index contributed by atoms with van der Waals surface area (Å²) in [5, 5.41) is 14.6. The van der Waals surface area contributed by atoms with E-state index in [1.807, 2.05) is 54.6 Å². The molecule has 2 aromatic carbocycles. The van der Waals surface area contributed by atoms with Gasteiger partial charge in [0.2, 0.25) is 11.8 Å².